The van der Waals surface area contributed by atoms with Crippen LogP contribution in [-0.4, -0.2) is 24.4 Å². The first-order valence-electron chi connectivity index (χ1n) is 10.4. The van der Waals surface area contributed by atoms with E-state index in [1.165, 1.54) is 18.2 Å². The summed E-state index contributed by atoms with van der Waals surface area (Å²) in [5, 5.41) is 4.71. The van der Waals surface area contributed by atoms with Crippen molar-refractivity contribution < 1.29 is 27.4 Å². The predicted molar refractivity (Wildman–Crippen MR) is 122 cm³/mol. The molecule has 34 heavy (non-hydrogen) atoms. The van der Waals surface area contributed by atoms with Crippen molar-refractivity contribution >= 4 is 16.7 Å². The topological polar surface area (TPSA) is 60.5 Å². The molecule has 1 N–H and O–H groups in total. The van der Waals surface area contributed by atoms with E-state index in [1.807, 2.05) is 42.5 Å². The van der Waals surface area contributed by atoms with E-state index in [1.54, 1.807) is 25.6 Å². The van der Waals surface area contributed by atoms with Crippen LogP contribution in [0.25, 0.3) is 21.9 Å². The number of alkyl halides is 3. The van der Waals surface area contributed by atoms with Gasteiger partial charge < -0.3 is 14.8 Å². The number of ether oxygens (including phenoxy) is 2. The lowest BCUT2D eigenvalue weighted by Gasteiger charge is -2.13. The van der Waals surface area contributed by atoms with E-state index in [2.05, 4.69) is 15.0 Å². The molecule has 4 aromatic rings. The van der Waals surface area contributed by atoms with E-state index in [-0.39, 0.29) is 24.6 Å². The minimum absolute atomic E-state index is 0.0763. The van der Waals surface area contributed by atoms with Gasteiger partial charge in [-0.2, -0.15) is 0 Å². The van der Waals surface area contributed by atoms with Gasteiger partial charge in [0.25, 0.3) is 0 Å². The minimum atomic E-state index is -4.78. The molecule has 8 heteroatoms. The van der Waals surface area contributed by atoms with Crippen LogP contribution < -0.4 is 14.8 Å². The van der Waals surface area contributed by atoms with Crippen molar-refractivity contribution in [2.24, 2.45) is 0 Å². The molecule has 3 aromatic carbocycles. The molecule has 0 aliphatic heterocycles. The normalized spacial score (nSPS) is 11.3. The summed E-state index contributed by atoms with van der Waals surface area (Å²) in [4.78, 5) is 16.7. The number of pyridine rings is 1. The summed E-state index contributed by atoms with van der Waals surface area (Å²) in [5.74, 6) is 0.0711. The molecule has 0 atom stereocenters. The molecule has 5 nitrogen and oxygen atoms in total. The Labute approximate surface area is 194 Å². The summed E-state index contributed by atoms with van der Waals surface area (Å²) in [7, 11) is 1.62. The Morgan fingerprint density at radius 1 is 0.971 bits per heavy atom. The van der Waals surface area contributed by atoms with Crippen molar-refractivity contribution in [1.29, 1.82) is 0 Å². The number of hydrogen-bond donors (Lipinski definition) is 1. The van der Waals surface area contributed by atoms with Gasteiger partial charge in [-0.25, -0.2) is 0 Å². The smallest absolute Gasteiger partial charge is 0.497 e. The number of benzene rings is 3. The number of methoxy groups -OCH3 is 1. The maximum atomic E-state index is 12.5. The SMILES string of the molecule is COc1cccc(-c2ccc(CNC(=O)Cc3cccc(OC(F)(F)F)c3)c3cnccc23)c1. The molecule has 174 valence electrons. The Morgan fingerprint density at radius 2 is 1.76 bits per heavy atom. The van der Waals surface area contributed by atoms with Gasteiger partial charge in [-0.05, 0) is 58.0 Å². The number of hydrogen-bond acceptors (Lipinski definition) is 4. The fourth-order valence-electron chi connectivity index (χ4n) is 3.74. The average molecular weight is 466 g/mol. The Bertz CT molecular complexity index is 1320. The largest absolute Gasteiger partial charge is 0.573 e. The lowest BCUT2D eigenvalue weighted by Crippen LogP contribution is -2.24. The maximum absolute atomic E-state index is 12.5. The zero-order chi connectivity index (χ0) is 24.1. The highest BCUT2D eigenvalue weighted by atomic mass is 19.4. The summed E-state index contributed by atoms with van der Waals surface area (Å²) >= 11 is 0. The van der Waals surface area contributed by atoms with Crippen molar-refractivity contribution in [3.63, 3.8) is 0 Å². The second kappa shape index (κ2) is 9.82. The average Bonchev–Trinajstić information content (AvgIpc) is 2.81. The third kappa shape index (κ3) is 5.64. The van der Waals surface area contributed by atoms with E-state index in [0.29, 0.717) is 5.56 Å². The summed E-state index contributed by atoms with van der Waals surface area (Å²) in [6, 6.07) is 19.0. The van der Waals surface area contributed by atoms with Crippen molar-refractivity contribution in [1.82, 2.24) is 10.3 Å². The Morgan fingerprint density at radius 3 is 2.56 bits per heavy atom. The van der Waals surface area contributed by atoms with E-state index in [0.717, 1.165) is 33.2 Å². The highest BCUT2D eigenvalue weighted by Crippen LogP contribution is 2.32. The lowest BCUT2D eigenvalue weighted by molar-refractivity contribution is -0.274. The number of halogens is 3. The molecule has 0 radical (unpaired) electrons. The number of nitrogens with zero attached hydrogens (tertiary/aromatic N) is 1. The molecule has 0 saturated heterocycles. The molecule has 4 rings (SSSR count). The van der Waals surface area contributed by atoms with Crippen LogP contribution in [0.5, 0.6) is 11.5 Å². The number of carbonyl (C=O) groups excluding carboxylic acids is 1. The quantitative estimate of drug-likeness (QED) is 0.381. The Hall–Kier alpha value is -4.07. The van der Waals surface area contributed by atoms with Gasteiger partial charge in [0.05, 0.1) is 13.5 Å². The first-order valence-corrected chi connectivity index (χ1v) is 10.4. The lowest BCUT2D eigenvalue weighted by atomic mass is 9.96. The molecular weight excluding hydrogens is 445 g/mol. The monoisotopic (exact) mass is 466 g/mol. The number of amides is 1. The van der Waals surface area contributed by atoms with E-state index >= 15 is 0 Å². The molecule has 0 fully saturated rings. The molecule has 0 unspecified atom stereocenters. The summed E-state index contributed by atoms with van der Waals surface area (Å²) in [5.41, 5.74) is 3.29. The molecule has 0 saturated carbocycles. The molecule has 0 aliphatic rings. The third-order valence-corrected chi connectivity index (χ3v) is 5.26. The van der Waals surface area contributed by atoms with E-state index in [9.17, 15) is 18.0 Å². The number of aromatic nitrogens is 1. The van der Waals surface area contributed by atoms with E-state index < -0.39 is 6.36 Å². The van der Waals surface area contributed by atoms with Gasteiger partial charge in [0.15, 0.2) is 0 Å². The molecular formula is C26H21F3N2O3. The van der Waals surface area contributed by atoms with Gasteiger partial charge in [0, 0.05) is 24.3 Å². The zero-order valence-electron chi connectivity index (χ0n) is 18.2. The number of carbonyl (C=O) groups is 1. The maximum Gasteiger partial charge on any atom is 0.573 e. The summed E-state index contributed by atoms with van der Waals surface area (Å²) in [6.07, 6.45) is -1.40. The van der Waals surface area contributed by atoms with Crippen LogP contribution in [0.1, 0.15) is 11.1 Å². The van der Waals surface area contributed by atoms with Crippen molar-refractivity contribution in [2.75, 3.05) is 7.11 Å². The van der Waals surface area contributed by atoms with E-state index in [4.69, 9.17) is 4.74 Å². The molecule has 0 spiro atoms. The molecule has 0 bridgehead atoms. The fraction of sp³-hybridized carbons (Fsp3) is 0.154. The Balaban J connectivity index is 1.50. The zero-order valence-corrected chi connectivity index (χ0v) is 18.2. The van der Waals surface area contributed by atoms with Crippen LogP contribution in [-0.2, 0) is 17.8 Å². The van der Waals surface area contributed by atoms with Crippen LogP contribution in [0.15, 0.2) is 79.1 Å². The van der Waals surface area contributed by atoms with Crippen LogP contribution in [0.2, 0.25) is 0 Å². The number of fused-ring (bicyclic) bond motifs is 1. The predicted octanol–water partition coefficient (Wildman–Crippen LogP) is 5.67. The minimum Gasteiger partial charge on any atom is -0.497 e. The van der Waals surface area contributed by atoms with Crippen LogP contribution in [0.4, 0.5) is 13.2 Å². The second-order valence-electron chi connectivity index (χ2n) is 7.57. The fourth-order valence-corrected chi connectivity index (χ4v) is 3.74. The van der Waals surface area contributed by atoms with Crippen LogP contribution in [0, 0.1) is 0 Å². The molecule has 1 aromatic heterocycles. The summed E-state index contributed by atoms with van der Waals surface area (Å²) < 4.78 is 46.6. The highest BCUT2D eigenvalue weighted by molar-refractivity contribution is 5.98. The van der Waals surface area contributed by atoms with Crippen molar-refractivity contribution in [3.8, 4) is 22.6 Å². The molecule has 0 aliphatic carbocycles. The number of rotatable bonds is 7. The van der Waals surface area contributed by atoms with Gasteiger partial charge in [0.2, 0.25) is 5.91 Å². The van der Waals surface area contributed by atoms with Gasteiger partial charge in [-0.15, -0.1) is 13.2 Å². The highest BCUT2D eigenvalue weighted by Gasteiger charge is 2.31. The van der Waals surface area contributed by atoms with Gasteiger partial charge in [-0.3, -0.25) is 9.78 Å². The van der Waals surface area contributed by atoms with Crippen molar-refractivity contribution in [3.05, 3.63) is 90.3 Å². The van der Waals surface area contributed by atoms with Gasteiger partial charge in [-0.1, -0.05) is 36.4 Å². The van der Waals surface area contributed by atoms with Gasteiger partial charge in [0.1, 0.15) is 11.5 Å². The molecule has 1 amide bonds. The summed E-state index contributed by atoms with van der Waals surface area (Å²) in [6.45, 7) is 0.248. The van der Waals surface area contributed by atoms with Crippen LogP contribution >= 0.6 is 0 Å². The van der Waals surface area contributed by atoms with Crippen LogP contribution in [0.3, 0.4) is 0 Å². The standard InChI is InChI=1S/C26H21F3N2O3/c1-33-20-6-3-5-18(14-20)22-9-8-19(24-16-30-11-10-23(22)24)15-31-25(32)13-17-4-2-7-21(12-17)34-26(27,28)29/h2-12,14,16H,13,15H2,1H3,(H,31,32). The number of nitrogens with one attached hydrogen (secondary N) is 1. The third-order valence-electron chi connectivity index (χ3n) is 5.26. The first-order chi connectivity index (χ1) is 16.3. The second-order valence-corrected chi connectivity index (χ2v) is 7.57. The molecule has 1 heterocycles. The van der Waals surface area contributed by atoms with Gasteiger partial charge >= 0.3 is 6.36 Å². The first kappa shape index (κ1) is 23.1. The Kier molecular flexibility index (Phi) is 6.67. The van der Waals surface area contributed by atoms with Crippen molar-refractivity contribution in [2.45, 2.75) is 19.3 Å².